The second kappa shape index (κ2) is 18.3. The molecule has 0 rings (SSSR count). The van der Waals surface area contributed by atoms with Crippen LogP contribution in [0.1, 0.15) is 130 Å². The van der Waals surface area contributed by atoms with E-state index in [2.05, 4.69) is 18.9 Å². The first-order valence-corrected chi connectivity index (χ1v) is 14.4. The van der Waals surface area contributed by atoms with E-state index in [1.54, 1.807) is 0 Å². The van der Waals surface area contributed by atoms with Gasteiger partial charge in [-0.3, -0.25) is 11.5 Å². The highest BCUT2D eigenvalue weighted by molar-refractivity contribution is 7.61. The number of carbonyl (C=O) groups excluding carboxylic acids is 1. The Bertz CT molecular complexity index is 460. The summed E-state index contributed by atoms with van der Waals surface area (Å²) in [5, 5.41) is 2.63. The number of amides is 1. The van der Waals surface area contributed by atoms with Crippen molar-refractivity contribution < 1.29 is 13.9 Å². The average molecular weight is 445 g/mol. The van der Waals surface area contributed by atoms with Crippen molar-refractivity contribution >= 4 is 13.3 Å². The van der Waals surface area contributed by atoms with Gasteiger partial charge in [-0.2, -0.15) is 0 Å². The van der Waals surface area contributed by atoms with Crippen LogP contribution in [-0.2, 0) is 13.9 Å². The maximum Gasteiger partial charge on any atom is 0.219 e. The molecule has 5 heteroatoms. The van der Waals surface area contributed by atoms with E-state index in [1.807, 2.05) is 20.8 Å². The van der Waals surface area contributed by atoms with Crippen molar-refractivity contribution in [3.63, 3.8) is 0 Å². The summed E-state index contributed by atoms with van der Waals surface area (Å²) in [6.45, 7) is 13.0. The molecular formula is C25H51NO3P-. The van der Waals surface area contributed by atoms with Crippen molar-refractivity contribution in [2.75, 3.05) is 13.2 Å². The van der Waals surface area contributed by atoms with Gasteiger partial charge in [-0.25, -0.2) is 0 Å². The van der Waals surface area contributed by atoms with Crippen LogP contribution >= 0.6 is 7.37 Å². The van der Waals surface area contributed by atoms with Gasteiger partial charge in [-0.1, -0.05) is 105 Å². The van der Waals surface area contributed by atoms with Crippen molar-refractivity contribution in [2.24, 2.45) is 0 Å². The SMILES string of the molecule is [CH2-]P(=O)(OCCCCCCNC(=O)CCCCCCCCCCCCC)C(C)(C)C. The third kappa shape index (κ3) is 17.4. The van der Waals surface area contributed by atoms with Gasteiger partial charge in [0, 0.05) is 18.1 Å². The fourth-order valence-corrected chi connectivity index (χ4v) is 4.06. The van der Waals surface area contributed by atoms with Gasteiger partial charge in [-0.05, 0) is 19.3 Å². The van der Waals surface area contributed by atoms with Crippen molar-refractivity contribution in [1.29, 1.82) is 0 Å². The lowest BCUT2D eigenvalue weighted by atomic mass is 10.1. The van der Waals surface area contributed by atoms with Crippen LogP contribution in [0.3, 0.4) is 0 Å². The average Bonchev–Trinajstić information content (AvgIpc) is 2.67. The van der Waals surface area contributed by atoms with E-state index in [-0.39, 0.29) is 5.91 Å². The Morgan fingerprint density at radius 2 is 1.27 bits per heavy atom. The zero-order valence-corrected chi connectivity index (χ0v) is 21.5. The summed E-state index contributed by atoms with van der Waals surface area (Å²) in [5.74, 6) is 0.192. The van der Waals surface area contributed by atoms with Crippen LogP contribution in [0.15, 0.2) is 0 Å². The molecule has 0 aromatic carbocycles. The molecule has 1 N–H and O–H groups in total. The van der Waals surface area contributed by atoms with E-state index >= 15 is 0 Å². The standard InChI is InChI=1S/C25H51NO3P/c1-6-7-8-9-10-11-12-13-14-15-18-21-24(27)26-22-19-16-17-20-23-29-30(5,28)25(2,3)4/h5-23H2,1-4H3,(H,26,27)/q-1. The topological polar surface area (TPSA) is 55.4 Å². The number of rotatable bonds is 20. The van der Waals surface area contributed by atoms with E-state index in [4.69, 9.17) is 4.52 Å². The lowest BCUT2D eigenvalue weighted by molar-refractivity contribution is -0.121. The third-order valence-corrected chi connectivity index (χ3v) is 8.37. The largest absolute Gasteiger partial charge is 0.356 e. The number of hydrogen-bond acceptors (Lipinski definition) is 3. The minimum absolute atomic E-state index is 0.192. The number of hydrogen-bond donors (Lipinski definition) is 1. The second-order valence-corrected chi connectivity index (χ2v) is 12.7. The summed E-state index contributed by atoms with van der Waals surface area (Å²) in [4.78, 5) is 11.9. The summed E-state index contributed by atoms with van der Waals surface area (Å²) in [5.41, 5.74) is 0. The first-order valence-electron chi connectivity index (χ1n) is 12.6. The van der Waals surface area contributed by atoms with Crippen LogP contribution in [0.25, 0.3) is 0 Å². The summed E-state index contributed by atoms with van der Waals surface area (Å²) in [6.07, 6.45) is 19.0. The predicted octanol–water partition coefficient (Wildman–Crippen LogP) is 8.25. The minimum Gasteiger partial charge on any atom is -0.356 e. The normalized spacial score (nSPS) is 13.9. The molecule has 4 nitrogen and oxygen atoms in total. The highest BCUT2D eigenvalue weighted by Crippen LogP contribution is 2.57. The Hall–Kier alpha value is -0.340. The van der Waals surface area contributed by atoms with Crippen LogP contribution in [0, 0.1) is 6.66 Å². The smallest absolute Gasteiger partial charge is 0.219 e. The van der Waals surface area contributed by atoms with E-state index in [9.17, 15) is 9.36 Å². The van der Waals surface area contributed by atoms with Crippen molar-refractivity contribution in [3.8, 4) is 0 Å². The van der Waals surface area contributed by atoms with Gasteiger partial charge in [0.25, 0.3) is 0 Å². The quantitative estimate of drug-likeness (QED) is 0.117. The Balaban J connectivity index is 3.36. The summed E-state index contributed by atoms with van der Waals surface area (Å²) >= 11 is 0. The van der Waals surface area contributed by atoms with Crippen molar-refractivity contribution in [1.82, 2.24) is 5.32 Å². The maximum absolute atomic E-state index is 12.3. The minimum atomic E-state index is -2.79. The van der Waals surface area contributed by atoms with Gasteiger partial charge in [-0.15, -0.1) is 0 Å². The molecule has 0 aliphatic carbocycles. The predicted molar refractivity (Wildman–Crippen MR) is 131 cm³/mol. The fourth-order valence-electron chi connectivity index (χ4n) is 3.25. The third-order valence-electron chi connectivity index (χ3n) is 5.72. The molecule has 0 fully saturated rings. The highest BCUT2D eigenvalue weighted by atomic mass is 31.2. The molecule has 1 atom stereocenters. The molecule has 0 saturated heterocycles. The monoisotopic (exact) mass is 444 g/mol. The van der Waals surface area contributed by atoms with E-state index in [0.29, 0.717) is 13.0 Å². The van der Waals surface area contributed by atoms with Crippen LogP contribution < -0.4 is 5.32 Å². The molecule has 0 aromatic rings. The van der Waals surface area contributed by atoms with Crippen LogP contribution in [0.4, 0.5) is 0 Å². The first kappa shape index (κ1) is 29.7. The Kier molecular flexibility index (Phi) is 18.0. The molecule has 0 saturated carbocycles. The van der Waals surface area contributed by atoms with Gasteiger partial charge in [0.2, 0.25) is 5.91 Å². The van der Waals surface area contributed by atoms with Gasteiger partial charge in [0.1, 0.15) is 0 Å². The molecule has 0 heterocycles. The number of nitrogens with one attached hydrogen (secondary N) is 1. The van der Waals surface area contributed by atoms with Gasteiger partial charge in [0.05, 0.1) is 14.0 Å². The van der Waals surface area contributed by atoms with Gasteiger partial charge >= 0.3 is 0 Å². The molecular weight excluding hydrogens is 393 g/mol. The lowest BCUT2D eigenvalue weighted by Gasteiger charge is -2.33. The Morgan fingerprint density at radius 3 is 1.80 bits per heavy atom. The van der Waals surface area contributed by atoms with Crippen molar-refractivity contribution in [3.05, 3.63) is 6.66 Å². The molecule has 30 heavy (non-hydrogen) atoms. The zero-order valence-electron chi connectivity index (χ0n) is 20.6. The van der Waals surface area contributed by atoms with Gasteiger partial charge < -0.3 is 14.4 Å². The van der Waals surface area contributed by atoms with E-state index in [1.165, 1.54) is 64.2 Å². The summed E-state index contributed by atoms with van der Waals surface area (Å²) < 4.78 is 17.8. The van der Waals surface area contributed by atoms with Crippen molar-refractivity contribution in [2.45, 2.75) is 136 Å². The Labute approximate surface area is 188 Å². The molecule has 0 aliphatic rings. The molecule has 0 aliphatic heterocycles. The highest BCUT2D eigenvalue weighted by Gasteiger charge is 2.25. The zero-order chi connectivity index (χ0) is 22.7. The van der Waals surface area contributed by atoms with Gasteiger partial charge in [0.15, 0.2) is 0 Å². The number of carbonyl (C=O) groups is 1. The summed E-state index contributed by atoms with van der Waals surface area (Å²) in [6, 6.07) is 0. The first-order chi connectivity index (χ1) is 14.2. The Morgan fingerprint density at radius 1 is 0.800 bits per heavy atom. The molecule has 0 bridgehead atoms. The lowest BCUT2D eigenvalue weighted by Crippen LogP contribution is -2.23. The van der Waals surface area contributed by atoms with Crippen LogP contribution in [-0.4, -0.2) is 24.2 Å². The molecule has 1 unspecified atom stereocenters. The fraction of sp³-hybridized carbons (Fsp3) is 0.920. The second-order valence-electron chi connectivity index (χ2n) is 9.73. The molecule has 0 radical (unpaired) electrons. The number of unbranched alkanes of at least 4 members (excludes halogenated alkanes) is 13. The van der Waals surface area contributed by atoms with E-state index < -0.39 is 12.5 Å². The van der Waals surface area contributed by atoms with Crippen LogP contribution in [0.5, 0.6) is 0 Å². The maximum atomic E-state index is 12.3. The van der Waals surface area contributed by atoms with E-state index in [0.717, 1.165) is 38.6 Å². The molecule has 0 aromatic heterocycles. The molecule has 1 amide bonds. The van der Waals surface area contributed by atoms with Crippen LogP contribution in [0.2, 0.25) is 0 Å². The summed E-state index contributed by atoms with van der Waals surface area (Å²) in [7, 11) is -2.79. The molecule has 180 valence electrons. The molecule has 0 spiro atoms.